The van der Waals surface area contributed by atoms with Gasteiger partial charge in [-0.25, -0.2) is 5.10 Å². The van der Waals surface area contributed by atoms with Gasteiger partial charge < -0.3 is 0 Å². The zero-order chi connectivity index (χ0) is 10.4. The highest BCUT2D eigenvalue weighted by molar-refractivity contribution is 9.09. The summed E-state index contributed by atoms with van der Waals surface area (Å²) in [6.45, 7) is 2.02. The molecule has 14 heavy (non-hydrogen) atoms. The van der Waals surface area contributed by atoms with Crippen molar-refractivity contribution in [2.45, 2.75) is 18.5 Å². The zero-order valence-electron chi connectivity index (χ0n) is 7.71. The van der Waals surface area contributed by atoms with Crippen LogP contribution in [0.5, 0.6) is 0 Å². The number of nitrogens with zero attached hydrogens (tertiary/aromatic N) is 2. The number of halogens is 1. The van der Waals surface area contributed by atoms with E-state index in [9.17, 15) is 4.79 Å². The molecule has 78 valence electrons. The molecule has 0 aliphatic heterocycles. The summed E-state index contributed by atoms with van der Waals surface area (Å²) in [6, 6.07) is 0. The van der Waals surface area contributed by atoms with Crippen LogP contribution in [0.25, 0.3) is 0 Å². The van der Waals surface area contributed by atoms with E-state index in [0.717, 1.165) is 5.75 Å². The van der Waals surface area contributed by atoms with Gasteiger partial charge in [-0.1, -0.05) is 34.6 Å². The number of hydrogen-bond acceptors (Lipinski definition) is 4. The first-order valence-electron chi connectivity index (χ1n) is 4.17. The Morgan fingerprint density at radius 3 is 3.14 bits per heavy atom. The number of hydrogen-bond donors (Lipinski definition) is 2. The lowest BCUT2D eigenvalue weighted by atomic mass is 10.5. The molecule has 0 aliphatic rings. The number of H-pyrrole nitrogens is 1. The summed E-state index contributed by atoms with van der Waals surface area (Å²) in [7, 11) is 0. The third-order valence-electron chi connectivity index (χ3n) is 1.32. The summed E-state index contributed by atoms with van der Waals surface area (Å²) >= 11 is 4.70. The number of amides is 1. The number of carbonyl (C=O) groups is 1. The summed E-state index contributed by atoms with van der Waals surface area (Å²) in [6.07, 6.45) is 0.428. The Hall–Kier alpha value is -0.560. The quantitative estimate of drug-likeness (QED) is 0.635. The molecule has 0 unspecified atom stereocenters. The van der Waals surface area contributed by atoms with E-state index in [1.54, 1.807) is 0 Å². The molecule has 0 spiro atoms. The molecule has 2 N–H and O–H groups in total. The fourth-order valence-electron chi connectivity index (χ4n) is 0.776. The van der Waals surface area contributed by atoms with Gasteiger partial charge in [0.25, 0.3) is 0 Å². The number of aromatic nitrogens is 3. The molecule has 0 aromatic carbocycles. The Morgan fingerprint density at radius 1 is 1.71 bits per heavy atom. The Balaban J connectivity index is 2.46. The topological polar surface area (TPSA) is 70.7 Å². The maximum Gasteiger partial charge on any atom is 0.227 e. The van der Waals surface area contributed by atoms with Crippen LogP contribution in [0.1, 0.15) is 13.3 Å². The molecule has 1 rings (SSSR count). The number of aromatic amines is 1. The Bertz CT molecular complexity index is 304. The maximum absolute atomic E-state index is 11.1. The fourth-order valence-corrected chi connectivity index (χ4v) is 1.66. The average Bonchev–Trinajstić information content (AvgIpc) is 2.53. The van der Waals surface area contributed by atoms with Crippen molar-refractivity contribution in [3.63, 3.8) is 0 Å². The zero-order valence-corrected chi connectivity index (χ0v) is 10.1. The van der Waals surface area contributed by atoms with E-state index < -0.39 is 0 Å². The van der Waals surface area contributed by atoms with E-state index in [2.05, 4.69) is 36.4 Å². The van der Waals surface area contributed by atoms with Gasteiger partial charge in [0, 0.05) is 11.8 Å². The van der Waals surface area contributed by atoms with Crippen molar-refractivity contribution in [1.82, 2.24) is 15.2 Å². The van der Waals surface area contributed by atoms with Gasteiger partial charge in [0.1, 0.15) is 0 Å². The van der Waals surface area contributed by atoms with E-state index in [1.165, 1.54) is 11.8 Å². The van der Waals surface area contributed by atoms with Gasteiger partial charge in [-0.2, -0.15) is 4.98 Å². The highest BCUT2D eigenvalue weighted by Crippen LogP contribution is 2.12. The largest absolute Gasteiger partial charge is 0.295 e. The SMILES string of the molecule is CCSc1n[nH]c(NC(=O)CCBr)n1. The molecule has 7 heteroatoms. The molecule has 1 aromatic rings. The first kappa shape index (κ1) is 11.5. The minimum atomic E-state index is -0.0777. The van der Waals surface area contributed by atoms with Crippen LogP contribution in [0.2, 0.25) is 0 Å². The third-order valence-corrected chi connectivity index (χ3v) is 2.44. The molecule has 0 radical (unpaired) electrons. The van der Waals surface area contributed by atoms with Crippen LogP contribution in [-0.2, 0) is 4.79 Å². The van der Waals surface area contributed by atoms with Gasteiger partial charge in [0.15, 0.2) is 0 Å². The van der Waals surface area contributed by atoms with Gasteiger partial charge in [-0.3, -0.25) is 10.1 Å². The smallest absolute Gasteiger partial charge is 0.227 e. The van der Waals surface area contributed by atoms with Crippen LogP contribution in [0.15, 0.2) is 5.16 Å². The van der Waals surface area contributed by atoms with Crippen LogP contribution < -0.4 is 5.32 Å². The van der Waals surface area contributed by atoms with E-state index in [1.807, 2.05) is 6.92 Å². The molecular weight excluding hydrogens is 268 g/mol. The average molecular weight is 279 g/mol. The van der Waals surface area contributed by atoms with Crippen molar-refractivity contribution >= 4 is 39.5 Å². The Labute approximate surface area is 94.6 Å². The number of anilines is 1. The highest BCUT2D eigenvalue weighted by Gasteiger charge is 2.05. The normalized spacial score (nSPS) is 10.1. The summed E-state index contributed by atoms with van der Waals surface area (Å²) in [5.41, 5.74) is 0. The van der Waals surface area contributed by atoms with E-state index in [0.29, 0.717) is 22.9 Å². The molecule has 0 saturated carbocycles. The van der Waals surface area contributed by atoms with Crippen LogP contribution in [-0.4, -0.2) is 32.2 Å². The van der Waals surface area contributed by atoms with Crippen LogP contribution in [0.3, 0.4) is 0 Å². The van der Waals surface area contributed by atoms with Gasteiger partial charge in [-0.05, 0) is 5.75 Å². The number of nitrogens with one attached hydrogen (secondary N) is 2. The molecule has 0 aliphatic carbocycles. The molecule has 0 bridgehead atoms. The molecule has 0 saturated heterocycles. The predicted molar refractivity (Wildman–Crippen MR) is 59.8 cm³/mol. The lowest BCUT2D eigenvalue weighted by Crippen LogP contribution is -2.12. The molecule has 1 amide bonds. The lowest BCUT2D eigenvalue weighted by Gasteiger charge is -1.96. The van der Waals surface area contributed by atoms with E-state index in [4.69, 9.17) is 0 Å². The lowest BCUT2D eigenvalue weighted by molar-refractivity contribution is -0.115. The van der Waals surface area contributed by atoms with E-state index >= 15 is 0 Å². The van der Waals surface area contributed by atoms with E-state index in [-0.39, 0.29) is 5.91 Å². The number of rotatable bonds is 5. The minimum Gasteiger partial charge on any atom is -0.295 e. The van der Waals surface area contributed by atoms with Crippen molar-refractivity contribution in [1.29, 1.82) is 0 Å². The predicted octanol–water partition coefficient (Wildman–Crippen LogP) is 1.64. The van der Waals surface area contributed by atoms with Crippen LogP contribution in [0.4, 0.5) is 5.95 Å². The number of thioether (sulfide) groups is 1. The summed E-state index contributed by atoms with van der Waals surface area (Å²) in [4.78, 5) is 15.2. The standard InChI is InChI=1S/C7H11BrN4OS/c1-2-14-7-10-6(11-12-7)9-5(13)3-4-8/h2-4H2,1H3,(H2,9,10,11,12,13). The Kier molecular flexibility index (Phi) is 4.95. The minimum absolute atomic E-state index is 0.0777. The maximum atomic E-state index is 11.1. The van der Waals surface area contributed by atoms with Crippen LogP contribution >= 0.6 is 27.7 Å². The van der Waals surface area contributed by atoms with Gasteiger partial charge in [0.05, 0.1) is 0 Å². The molecule has 1 heterocycles. The summed E-state index contributed by atoms with van der Waals surface area (Å²) in [5.74, 6) is 1.24. The monoisotopic (exact) mass is 278 g/mol. The molecular formula is C7H11BrN4OS. The first-order valence-corrected chi connectivity index (χ1v) is 6.28. The third kappa shape index (κ3) is 3.67. The number of alkyl halides is 1. The van der Waals surface area contributed by atoms with Crippen molar-refractivity contribution in [2.75, 3.05) is 16.4 Å². The van der Waals surface area contributed by atoms with Gasteiger partial charge in [0.2, 0.25) is 17.0 Å². The molecule has 0 fully saturated rings. The van der Waals surface area contributed by atoms with Crippen molar-refractivity contribution in [2.24, 2.45) is 0 Å². The second-order valence-corrected chi connectivity index (χ2v) is 4.41. The highest BCUT2D eigenvalue weighted by atomic mass is 79.9. The van der Waals surface area contributed by atoms with Crippen LogP contribution in [0, 0.1) is 0 Å². The Morgan fingerprint density at radius 2 is 2.50 bits per heavy atom. The van der Waals surface area contributed by atoms with Gasteiger partial charge >= 0.3 is 0 Å². The van der Waals surface area contributed by atoms with Gasteiger partial charge in [-0.15, -0.1) is 5.10 Å². The number of carbonyl (C=O) groups excluding carboxylic acids is 1. The fraction of sp³-hybridized carbons (Fsp3) is 0.571. The van der Waals surface area contributed by atoms with Crippen molar-refractivity contribution in [3.05, 3.63) is 0 Å². The second kappa shape index (κ2) is 6.02. The molecule has 1 aromatic heterocycles. The van der Waals surface area contributed by atoms with Crippen molar-refractivity contribution < 1.29 is 4.79 Å². The molecule has 0 atom stereocenters. The second-order valence-electron chi connectivity index (χ2n) is 2.39. The summed E-state index contributed by atoms with van der Waals surface area (Å²) in [5, 5.41) is 10.5. The van der Waals surface area contributed by atoms with Crippen molar-refractivity contribution in [3.8, 4) is 0 Å². The summed E-state index contributed by atoms with van der Waals surface area (Å²) < 4.78 is 0. The molecule has 5 nitrogen and oxygen atoms in total. The first-order chi connectivity index (χ1) is 6.76.